The van der Waals surface area contributed by atoms with Crippen molar-refractivity contribution in [1.29, 1.82) is 0 Å². The molecule has 0 amide bonds. The van der Waals surface area contributed by atoms with E-state index in [1.165, 1.54) is 0 Å². The molecule has 0 radical (unpaired) electrons. The number of halogens is 3. The van der Waals surface area contributed by atoms with Crippen LogP contribution in [-0.2, 0) is 11.4 Å². The second-order valence-electron chi connectivity index (χ2n) is 8.04. The van der Waals surface area contributed by atoms with Gasteiger partial charge in [0, 0.05) is 35.3 Å². The van der Waals surface area contributed by atoms with Crippen molar-refractivity contribution in [2.75, 3.05) is 5.75 Å². The summed E-state index contributed by atoms with van der Waals surface area (Å²) in [4.78, 5) is 29.6. The van der Waals surface area contributed by atoms with Crippen LogP contribution in [0.3, 0.4) is 0 Å². The highest BCUT2D eigenvalue weighted by Crippen LogP contribution is 2.35. The Hall–Kier alpha value is -3.83. The SMILES string of the molecule is O=C(O)C(F)(F)F.O=C(c1c[nH]c2c(OCc3ccccc3)cccc12)[C@@H]1CSC(c2cccnc2)N1. The number of Topliss-reactive ketones (excluding diaryl/α,β-unsaturated/α-hetero) is 1. The van der Waals surface area contributed by atoms with Gasteiger partial charge in [-0.15, -0.1) is 11.8 Å². The first-order valence-electron chi connectivity index (χ1n) is 11.1. The van der Waals surface area contributed by atoms with Gasteiger partial charge in [0.1, 0.15) is 12.4 Å². The van der Waals surface area contributed by atoms with Crippen LogP contribution in [0, 0.1) is 0 Å². The number of carbonyl (C=O) groups excluding carboxylic acids is 1. The van der Waals surface area contributed by atoms with Gasteiger partial charge in [-0.2, -0.15) is 13.2 Å². The number of para-hydroxylation sites is 1. The molecule has 0 bridgehead atoms. The first-order chi connectivity index (χ1) is 17.7. The number of carboxylic acids is 1. The third-order valence-corrected chi connectivity index (χ3v) is 6.78. The molecule has 11 heteroatoms. The zero-order valence-corrected chi connectivity index (χ0v) is 20.1. The summed E-state index contributed by atoms with van der Waals surface area (Å²) in [6.07, 6.45) is 0.320. The van der Waals surface area contributed by atoms with E-state index in [1.54, 1.807) is 24.2 Å². The van der Waals surface area contributed by atoms with Crippen LogP contribution in [0.25, 0.3) is 10.9 Å². The predicted octanol–water partition coefficient (Wildman–Crippen LogP) is 5.36. The second-order valence-corrected chi connectivity index (χ2v) is 9.18. The minimum atomic E-state index is -5.08. The summed E-state index contributed by atoms with van der Waals surface area (Å²) in [5.41, 5.74) is 3.74. The molecular weight excluding hydrogens is 507 g/mol. The van der Waals surface area contributed by atoms with E-state index >= 15 is 0 Å². The maximum Gasteiger partial charge on any atom is 0.490 e. The standard InChI is InChI=1S/C24H21N3O2S.C2HF3O2/c28-23(20-15-30-24(27-20)17-8-5-11-25-12-17)19-13-26-22-18(19)9-4-10-21(22)29-14-16-6-2-1-3-7-16;3-2(4,5)1(6)7/h1-13,20,24,26-27H,14-15H2;(H,6,7)/t20-,24?;/m0./s1. The van der Waals surface area contributed by atoms with Crippen molar-refractivity contribution < 1.29 is 32.6 Å². The molecule has 5 rings (SSSR count). The van der Waals surface area contributed by atoms with Crippen molar-refractivity contribution >= 4 is 34.4 Å². The lowest BCUT2D eigenvalue weighted by Gasteiger charge is -2.12. The number of H-pyrrole nitrogens is 1. The molecule has 1 aliphatic rings. The maximum atomic E-state index is 13.2. The maximum absolute atomic E-state index is 13.2. The Morgan fingerprint density at radius 2 is 1.84 bits per heavy atom. The molecule has 1 fully saturated rings. The first-order valence-corrected chi connectivity index (χ1v) is 12.2. The van der Waals surface area contributed by atoms with Gasteiger partial charge in [-0.05, 0) is 23.3 Å². The van der Waals surface area contributed by atoms with Crippen molar-refractivity contribution in [2.24, 2.45) is 0 Å². The quantitative estimate of drug-likeness (QED) is 0.289. The van der Waals surface area contributed by atoms with Crippen molar-refractivity contribution in [3.8, 4) is 5.75 Å². The van der Waals surface area contributed by atoms with Crippen LogP contribution in [0.1, 0.15) is 26.9 Å². The average molecular weight is 530 g/mol. The van der Waals surface area contributed by atoms with E-state index in [9.17, 15) is 18.0 Å². The van der Waals surface area contributed by atoms with E-state index in [0.29, 0.717) is 12.2 Å². The summed E-state index contributed by atoms with van der Waals surface area (Å²) in [6.45, 7) is 0.482. The number of aromatic amines is 1. The van der Waals surface area contributed by atoms with Gasteiger partial charge >= 0.3 is 12.1 Å². The number of ketones is 1. The molecule has 37 heavy (non-hydrogen) atoms. The van der Waals surface area contributed by atoms with E-state index in [1.807, 2.05) is 66.9 Å². The Bertz CT molecular complexity index is 1360. The number of rotatable bonds is 6. The van der Waals surface area contributed by atoms with Gasteiger partial charge < -0.3 is 14.8 Å². The molecule has 4 aromatic rings. The topological polar surface area (TPSA) is 104 Å². The van der Waals surface area contributed by atoms with Crippen molar-refractivity contribution in [2.45, 2.75) is 24.2 Å². The molecule has 3 heterocycles. The van der Waals surface area contributed by atoms with Crippen LogP contribution in [0.4, 0.5) is 13.2 Å². The molecule has 1 aliphatic heterocycles. The van der Waals surface area contributed by atoms with Crippen molar-refractivity contribution in [3.63, 3.8) is 0 Å². The third-order valence-electron chi connectivity index (χ3n) is 5.51. The van der Waals surface area contributed by atoms with Gasteiger partial charge in [-0.1, -0.05) is 48.5 Å². The predicted molar refractivity (Wildman–Crippen MR) is 133 cm³/mol. The molecule has 2 atom stereocenters. The summed E-state index contributed by atoms with van der Waals surface area (Å²) in [6, 6.07) is 19.6. The Morgan fingerprint density at radius 3 is 2.51 bits per heavy atom. The zero-order chi connectivity index (χ0) is 26.4. The Labute approximate surface area is 214 Å². The third kappa shape index (κ3) is 6.49. The van der Waals surface area contributed by atoms with Gasteiger partial charge in [0.05, 0.1) is 16.9 Å². The number of alkyl halides is 3. The second kappa shape index (κ2) is 11.5. The number of hydrogen-bond acceptors (Lipinski definition) is 6. The van der Waals surface area contributed by atoms with Crippen LogP contribution in [0.5, 0.6) is 5.75 Å². The molecule has 1 saturated heterocycles. The van der Waals surface area contributed by atoms with Gasteiger partial charge in [0.25, 0.3) is 0 Å². The number of nitrogens with zero attached hydrogens (tertiary/aromatic N) is 1. The lowest BCUT2D eigenvalue weighted by Crippen LogP contribution is -2.34. The number of benzene rings is 2. The number of pyridine rings is 1. The summed E-state index contributed by atoms with van der Waals surface area (Å²) in [5.74, 6) is -1.18. The minimum absolute atomic E-state index is 0.0858. The van der Waals surface area contributed by atoms with Crippen LogP contribution in [0.2, 0.25) is 0 Å². The highest BCUT2D eigenvalue weighted by atomic mass is 32.2. The van der Waals surface area contributed by atoms with Gasteiger partial charge in [0.2, 0.25) is 0 Å². The highest BCUT2D eigenvalue weighted by Gasteiger charge is 2.38. The number of aliphatic carboxylic acids is 1. The Kier molecular flexibility index (Phi) is 8.14. The molecule has 3 N–H and O–H groups in total. The first kappa shape index (κ1) is 26.2. The van der Waals surface area contributed by atoms with E-state index in [0.717, 1.165) is 33.5 Å². The van der Waals surface area contributed by atoms with Gasteiger partial charge in [-0.3, -0.25) is 15.1 Å². The zero-order valence-electron chi connectivity index (χ0n) is 19.2. The number of ether oxygens (including phenoxy) is 1. The van der Waals surface area contributed by atoms with E-state index in [2.05, 4.69) is 15.3 Å². The number of carboxylic acid groups (broad SMARTS) is 1. The summed E-state index contributed by atoms with van der Waals surface area (Å²) >= 11 is 1.74. The molecule has 1 unspecified atom stereocenters. The number of aromatic nitrogens is 2. The van der Waals surface area contributed by atoms with Crippen LogP contribution in [-0.4, -0.2) is 44.8 Å². The lowest BCUT2D eigenvalue weighted by molar-refractivity contribution is -0.192. The monoisotopic (exact) mass is 529 g/mol. The van der Waals surface area contributed by atoms with Crippen LogP contribution >= 0.6 is 11.8 Å². The van der Waals surface area contributed by atoms with Crippen molar-refractivity contribution in [3.05, 3.63) is 95.9 Å². The fourth-order valence-electron chi connectivity index (χ4n) is 3.72. The molecule has 0 spiro atoms. The average Bonchev–Trinajstić information content (AvgIpc) is 3.56. The molecular formula is C26H22F3N3O4S. The van der Waals surface area contributed by atoms with E-state index in [4.69, 9.17) is 14.6 Å². The molecule has 0 aliphatic carbocycles. The largest absolute Gasteiger partial charge is 0.490 e. The molecule has 192 valence electrons. The number of carbonyl (C=O) groups is 2. The van der Waals surface area contributed by atoms with Crippen molar-refractivity contribution in [1.82, 2.24) is 15.3 Å². The van der Waals surface area contributed by atoms with Gasteiger partial charge in [-0.25, -0.2) is 4.79 Å². The molecule has 2 aromatic carbocycles. The summed E-state index contributed by atoms with van der Waals surface area (Å²) < 4.78 is 37.8. The lowest BCUT2D eigenvalue weighted by atomic mass is 10.0. The molecule has 2 aromatic heterocycles. The number of thioether (sulfide) groups is 1. The Balaban J connectivity index is 0.000000405. The van der Waals surface area contributed by atoms with Crippen LogP contribution in [0.15, 0.2) is 79.3 Å². The van der Waals surface area contributed by atoms with E-state index < -0.39 is 12.1 Å². The summed E-state index contributed by atoms with van der Waals surface area (Å²) in [7, 11) is 0. The number of hydrogen-bond donors (Lipinski definition) is 3. The number of nitrogens with one attached hydrogen (secondary N) is 2. The summed E-state index contributed by atoms with van der Waals surface area (Å²) in [5, 5.41) is 11.6. The molecule has 0 saturated carbocycles. The normalized spacial score (nSPS) is 17.2. The van der Waals surface area contributed by atoms with Crippen LogP contribution < -0.4 is 10.1 Å². The molecule has 7 nitrogen and oxygen atoms in total. The smallest absolute Gasteiger partial charge is 0.487 e. The minimum Gasteiger partial charge on any atom is -0.487 e. The van der Waals surface area contributed by atoms with E-state index in [-0.39, 0.29) is 17.2 Å². The van der Waals surface area contributed by atoms with Gasteiger partial charge in [0.15, 0.2) is 5.78 Å². The highest BCUT2D eigenvalue weighted by molar-refractivity contribution is 7.99. The Morgan fingerprint density at radius 1 is 1.08 bits per heavy atom. The fourth-order valence-corrected chi connectivity index (χ4v) is 4.94. The fraction of sp³-hybridized carbons (Fsp3) is 0.192. The number of fused-ring (bicyclic) bond motifs is 1.